The number of sulfonamides is 1. The predicted molar refractivity (Wildman–Crippen MR) is 156 cm³/mol. The third kappa shape index (κ3) is 9.19. The fourth-order valence-corrected chi connectivity index (χ4v) is 12.4. The predicted octanol–water partition coefficient (Wildman–Crippen LogP) is 7.89. The van der Waals surface area contributed by atoms with Gasteiger partial charge in [0.2, 0.25) is 0 Å². The second-order valence-corrected chi connectivity index (χ2v) is 17.3. The molecule has 0 N–H and O–H groups in total. The second kappa shape index (κ2) is 15.6. The van der Waals surface area contributed by atoms with Crippen molar-refractivity contribution in [3.63, 3.8) is 0 Å². The Morgan fingerprint density at radius 3 is 1.62 bits per heavy atom. The molecule has 1 aromatic rings. The van der Waals surface area contributed by atoms with E-state index in [2.05, 4.69) is 17.9 Å². The molecular formula is C30H50NO3PRuS. The van der Waals surface area contributed by atoms with Gasteiger partial charge in [-0.15, -0.1) is 0 Å². The maximum absolute atomic E-state index is 12.0. The van der Waals surface area contributed by atoms with Gasteiger partial charge in [0.15, 0.2) is 0 Å². The SMILES string of the molecule is C1CCC(P(C2CCCCC2)C2CCCCC2)CC1.CC(C)Oc1ccc(S(=O)(=O)N(C)C)cc1[CH]=[Ru]. The molecule has 3 fully saturated rings. The van der Waals surface area contributed by atoms with Gasteiger partial charge in [-0.2, -0.15) is 0 Å². The zero-order chi connectivity index (χ0) is 26.8. The van der Waals surface area contributed by atoms with Crippen LogP contribution in [0, 0.1) is 0 Å². The summed E-state index contributed by atoms with van der Waals surface area (Å²) >= 11 is 2.37. The van der Waals surface area contributed by atoms with Crippen molar-refractivity contribution in [3.05, 3.63) is 23.8 Å². The molecule has 7 heteroatoms. The van der Waals surface area contributed by atoms with Crippen molar-refractivity contribution in [2.24, 2.45) is 0 Å². The molecule has 4 rings (SSSR count). The van der Waals surface area contributed by atoms with Crippen LogP contribution in [0.25, 0.3) is 0 Å². The minimum absolute atomic E-state index is 0.0478. The van der Waals surface area contributed by atoms with E-state index in [0.29, 0.717) is 13.7 Å². The van der Waals surface area contributed by atoms with Crippen molar-refractivity contribution in [2.45, 2.75) is 138 Å². The van der Waals surface area contributed by atoms with E-state index < -0.39 is 10.0 Å². The van der Waals surface area contributed by atoms with Gasteiger partial charge in [-0.25, -0.2) is 0 Å². The van der Waals surface area contributed by atoms with Crippen molar-refractivity contribution in [1.29, 1.82) is 0 Å². The Balaban J connectivity index is 0.000000206. The molecule has 3 saturated carbocycles. The average molecular weight is 637 g/mol. The van der Waals surface area contributed by atoms with E-state index in [4.69, 9.17) is 4.74 Å². The summed E-state index contributed by atoms with van der Waals surface area (Å²) in [7, 11) is 0.00549. The van der Waals surface area contributed by atoms with E-state index in [1.807, 2.05) is 13.8 Å². The van der Waals surface area contributed by atoms with Gasteiger partial charge in [0.05, 0.1) is 0 Å². The van der Waals surface area contributed by atoms with Crippen LogP contribution in [0.5, 0.6) is 5.75 Å². The number of nitrogens with zero attached hydrogens (tertiary/aromatic N) is 1. The summed E-state index contributed by atoms with van der Waals surface area (Å²) < 4.78 is 32.6. The standard InChI is InChI=1S/C18H33P.C12H17NO3S.Ru/c1-4-10-16(11-5-1)19(17-12-6-2-7-13-17)18-14-8-3-9-15-18;1-9(2)16-12-7-6-11(8-10(12)3)17(14,15)13(4)5;/h16-18H,1-15H2;3,6-9H,1-2,4-5H3;. The number of hydrogen-bond acceptors (Lipinski definition) is 3. The first-order valence-electron chi connectivity index (χ1n) is 14.7. The maximum atomic E-state index is 12.0. The zero-order valence-corrected chi connectivity index (χ0v) is 27.1. The van der Waals surface area contributed by atoms with Crippen LogP contribution in [0.4, 0.5) is 0 Å². The Kier molecular flexibility index (Phi) is 13.2. The van der Waals surface area contributed by atoms with E-state index in [1.165, 1.54) is 54.6 Å². The molecule has 4 nitrogen and oxygen atoms in total. The molecule has 0 radical (unpaired) electrons. The molecule has 212 valence electrons. The van der Waals surface area contributed by atoms with Crippen LogP contribution < -0.4 is 4.74 Å². The summed E-state index contributed by atoms with van der Waals surface area (Å²) in [4.78, 5) is 0.264. The normalized spacial score (nSPS) is 20.6. The summed E-state index contributed by atoms with van der Waals surface area (Å²) in [5.74, 6) is 0.682. The molecule has 0 unspecified atom stereocenters. The Morgan fingerprint density at radius 2 is 1.27 bits per heavy atom. The van der Waals surface area contributed by atoms with Gasteiger partial charge in [0.1, 0.15) is 0 Å². The van der Waals surface area contributed by atoms with Gasteiger partial charge in [0.25, 0.3) is 0 Å². The van der Waals surface area contributed by atoms with E-state index >= 15 is 0 Å². The molecule has 0 saturated heterocycles. The molecule has 0 atom stereocenters. The third-order valence-corrected chi connectivity index (χ3v) is 14.7. The topological polar surface area (TPSA) is 46.6 Å². The van der Waals surface area contributed by atoms with E-state index in [-0.39, 0.29) is 11.0 Å². The van der Waals surface area contributed by atoms with E-state index in [9.17, 15) is 8.42 Å². The van der Waals surface area contributed by atoms with Gasteiger partial charge >= 0.3 is 118 Å². The molecule has 0 spiro atoms. The van der Waals surface area contributed by atoms with Crippen LogP contribution in [0.1, 0.15) is 116 Å². The first kappa shape index (κ1) is 31.4. The minimum atomic E-state index is -3.40. The van der Waals surface area contributed by atoms with Crippen molar-refractivity contribution < 1.29 is 31.0 Å². The fraction of sp³-hybridized carbons (Fsp3) is 0.767. The molecule has 3 aliphatic rings. The second-order valence-electron chi connectivity index (χ2n) is 11.6. The quantitative estimate of drug-likeness (QED) is 0.215. The van der Waals surface area contributed by atoms with Gasteiger partial charge in [-0.05, 0) is 55.5 Å². The summed E-state index contributed by atoms with van der Waals surface area (Å²) in [6.45, 7) is 3.86. The van der Waals surface area contributed by atoms with Crippen LogP contribution in [0.15, 0.2) is 23.1 Å². The third-order valence-electron chi connectivity index (χ3n) is 8.22. The first-order chi connectivity index (χ1) is 17.7. The van der Waals surface area contributed by atoms with Gasteiger partial charge in [-0.3, -0.25) is 0 Å². The summed E-state index contributed by atoms with van der Waals surface area (Å²) in [5.41, 5.74) is 4.32. The van der Waals surface area contributed by atoms with E-state index in [1.54, 1.807) is 99.9 Å². The molecule has 3 aliphatic carbocycles. The number of rotatable bonds is 8. The van der Waals surface area contributed by atoms with Crippen molar-refractivity contribution in [2.75, 3.05) is 14.1 Å². The Bertz CT molecular complexity index is 891. The molecule has 37 heavy (non-hydrogen) atoms. The summed E-state index contributed by atoms with van der Waals surface area (Å²) in [6, 6.07) is 4.87. The van der Waals surface area contributed by atoms with Crippen LogP contribution >= 0.6 is 7.92 Å². The first-order valence-corrected chi connectivity index (χ1v) is 18.7. The van der Waals surface area contributed by atoms with Crippen molar-refractivity contribution in [1.82, 2.24) is 4.31 Å². The molecule has 0 aliphatic heterocycles. The van der Waals surface area contributed by atoms with Crippen LogP contribution in [-0.2, 0) is 27.9 Å². The molecule has 1 aromatic carbocycles. The summed E-state index contributed by atoms with van der Waals surface area (Å²) in [6.07, 6.45) is 23.7. The molecule has 0 bridgehead atoms. The molecule has 0 amide bonds. The van der Waals surface area contributed by atoms with Crippen LogP contribution in [0.3, 0.4) is 0 Å². The molecule has 0 heterocycles. The van der Waals surface area contributed by atoms with E-state index in [0.717, 1.165) is 5.56 Å². The number of ether oxygens (including phenoxy) is 1. The number of hydrogen-bond donors (Lipinski definition) is 0. The zero-order valence-electron chi connectivity index (χ0n) is 23.6. The Labute approximate surface area is 238 Å². The molecule has 0 aromatic heterocycles. The van der Waals surface area contributed by atoms with Gasteiger partial charge < -0.3 is 0 Å². The summed E-state index contributed by atoms with van der Waals surface area (Å²) in [5, 5.41) is 0. The van der Waals surface area contributed by atoms with Crippen molar-refractivity contribution >= 4 is 22.6 Å². The number of benzene rings is 1. The van der Waals surface area contributed by atoms with Crippen molar-refractivity contribution in [3.8, 4) is 5.75 Å². The van der Waals surface area contributed by atoms with Gasteiger partial charge in [0, 0.05) is 0 Å². The average Bonchev–Trinajstić information content (AvgIpc) is 2.91. The van der Waals surface area contributed by atoms with Crippen LogP contribution in [-0.4, -0.2) is 54.5 Å². The monoisotopic (exact) mass is 637 g/mol. The Morgan fingerprint density at radius 1 is 0.838 bits per heavy atom. The van der Waals surface area contributed by atoms with Crippen LogP contribution in [0.2, 0.25) is 0 Å². The van der Waals surface area contributed by atoms with Gasteiger partial charge in [-0.1, -0.05) is 65.7 Å². The molecular weight excluding hydrogens is 586 g/mol. The fourth-order valence-electron chi connectivity index (χ4n) is 6.37. The Hall–Kier alpha value is -0.147.